The van der Waals surface area contributed by atoms with Crippen LogP contribution in [0.15, 0.2) is 24.3 Å². The van der Waals surface area contributed by atoms with E-state index in [9.17, 15) is 9.59 Å². The van der Waals surface area contributed by atoms with Crippen molar-refractivity contribution in [2.24, 2.45) is 0 Å². The number of benzene rings is 1. The molecule has 0 fully saturated rings. The first-order valence-electron chi connectivity index (χ1n) is 4.61. The Balaban J connectivity index is 2.80. The minimum atomic E-state index is -0.197. The minimum Gasteiger partial charge on any atom is -0.399 e. The van der Waals surface area contributed by atoms with E-state index in [0.29, 0.717) is 11.3 Å². The first-order chi connectivity index (χ1) is 7.00. The average molecular weight is 206 g/mol. The van der Waals surface area contributed by atoms with Crippen molar-refractivity contribution in [3.63, 3.8) is 0 Å². The molecular weight excluding hydrogens is 192 g/mol. The maximum Gasteiger partial charge on any atom is 0.254 e. The number of amides is 1. The van der Waals surface area contributed by atoms with Gasteiger partial charge >= 0.3 is 0 Å². The lowest BCUT2D eigenvalue weighted by Crippen LogP contribution is -2.31. The fourth-order valence-electron chi connectivity index (χ4n) is 1.30. The van der Waals surface area contributed by atoms with E-state index in [1.165, 1.54) is 11.8 Å². The molecule has 1 aromatic rings. The lowest BCUT2D eigenvalue weighted by molar-refractivity contribution is -0.117. The van der Waals surface area contributed by atoms with Crippen molar-refractivity contribution in [3.05, 3.63) is 29.8 Å². The van der Waals surface area contributed by atoms with Crippen LogP contribution >= 0.6 is 0 Å². The summed E-state index contributed by atoms with van der Waals surface area (Å²) >= 11 is 0. The van der Waals surface area contributed by atoms with E-state index in [2.05, 4.69) is 0 Å². The molecule has 0 aliphatic heterocycles. The van der Waals surface area contributed by atoms with E-state index >= 15 is 0 Å². The molecule has 0 radical (unpaired) electrons. The first-order valence-corrected chi connectivity index (χ1v) is 4.61. The first kappa shape index (κ1) is 11.2. The molecular formula is C11H14N2O2. The van der Waals surface area contributed by atoms with Gasteiger partial charge in [0.15, 0.2) is 0 Å². The van der Waals surface area contributed by atoms with Crippen LogP contribution in [0.5, 0.6) is 0 Å². The Hall–Kier alpha value is -1.84. The van der Waals surface area contributed by atoms with Crippen LogP contribution in [0, 0.1) is 0 Å². The number of hydrogen-bond donors (Lipinski definition) is 1. The molecule has 0 bridgehead atoms. The van der Waals surface area contributed by atoms with E-state index < -0.39 is 0 Å². The topological polar surface area (TPSA) is 63.4 Å². The van der Waals surface area contributed by atoms with Gasteiger partial charge in [-0.25, -0.2) is 0 Å². The molecule has 80 valence electrons. The molecule has 0 heterocycles. The summed E-state index contributed by atoms with van der Waals surface area (Å²) in [6, 6.07) is 6.69. The highest BCUT2D eigenvalue weighted by Gasteiger charge is 2.12. The Morgan fingerprint density at radius 1 is 1.40 bits per heavy atom. The second-order valence-corrected chi connectivity index (χ2v) is 3.49. The van der Waals surface area contributed by atoms with Crippen molar-refractivity contribution in [3.8, 4) is 0 Å². The highest BCUT2D eigenvalue weighted by Crippen LogP contribution is 2.08. The number of nitrogens with zero attached hydrogens (tertiary/aromatic N) is 1. The number of ketones is 1. The minimum absolute atomic E-state index is 0.0465. The van der Waals surface area contributed by atoms with E-state index in [1.807, 2.05) is 0 Å². The Labute approximate surface area is 88.7 Å². The monoisotopic (exact) mass is 206 g/mol. The summed E-state index contributed by atoms with van der Waals surface area (Å²) in [7, 11) is 1.59. The lowest BCUT2D eigenvalue weighted by Gasteiger charge is -2.15. The molecule has 0 saturated carbocycles. The number of carbonyl (C=O) groups excluding carboxylic acids is 2. The van der Waals surface area contributed by atoms with Crippen molar-refractivity contribution in [2.75, 3.05) is 19.3 Å². The van der Waals surface area contributed by atoms with Gasteiger partial charge in [-0.15, -0.1) is 0 Å². The Morgan fingerprint density at radius 2 is 2.07 bits per heavy atom. The molecule has 2 N–H and O–H groups in total. The number of nitrogens with two attached hydrogens (primary N) is 1. The number of rotatable bonds is 3. The van der Waals surface area contributed by atoms with Gasteiger partial charge in [0.25, 0.3) is 5.91 Å². The molecule has 0 atom stereocenters. The summed E-state index contributed by atoms with van der Waals surface area (Å²) in [5, 5.41) is 0. The van der Waals surface area contributed by atoms with Crippen LogP contribution < -0.4 is 5.73 Å². The van der Waals surface area contributed by atoms with Gasteiger partial charge in [0.1, 0.15) is 5.78 Å². The zero-order chi connectivity index (χ0) is 11.4. The van der Waals surface area contributed by atoms with E-state index in [0.717, 1.165) is 0 Å². The SMILES string of the molecule is CC(=O)CN(C)C(=O)c1cccc(N)c1. The van der Waals surface area contributed by atoms with Crippen molar-refractivity contribution < 1.29 is 9.59 Å². The molecule has 1 amide bonds. The highest BCUT2D eigenvalue weighted by atomic mass is 16.2. The number of hydrogen-bond acceptors (Lipinski definition) is 3. The Bertz CT molecular complexity index is 388. The molecule has 0 aliphatic carbocycles. The molecule has 15 heavy (non-hydrogen) atoms. The zero-order valence-electron chi connectivity index (χ0n) is 8.86. The summed E-state index contributed by atoms with van der Waals surface area (Å²) in [5.74, 6) is -0.243. The second-order valence-electron chi connectivity index (χ2n) is 3.49. The molecule has 0 unspecified atom stereocenters. The van der Waals surface area contributed by atoms with Crippen molar-refractivity contribution >= 4 is 17.4 Å². The molecule has 4 nitrogen and oxygen atoms in total. The van der Waals surface area contributed by atoms with Gasteiger partial charge in [-0.3, -0.25) is 9.59 Å². The summed E-state index contributed by atoms with van der Waals surface area (Å²) in [6.45, 7) is 1.57. The van der Waals surface area contributed by atoms with Crippen LogP contribution in [-0.2, 0) is 4.79 Å². The third-order valence-corrected chi connectivity index (χ3v) is 1.94. The van der Waals surface area contributed by atoms with Crippen molar-refractivity contribution in [1.29, 1.82) is 0 Å². The quantitative estimate of drug-likeness (QED) is 0.748. The fourth-order valence-corrected chi connectivity index (χ4v) is 1.30. The largest absolute Gasteiger partial charge is 0.399 e. The highest BCUT2D eigenvalue weighted by molar-refractivity contribution is 5.96. The predicted molar refractivity (Wildman–Crippen MR) is 58.5 cm³/mol. The third-order valence-electron chi connectivity index (χ3n) is 1.94. The van der Waals surface area contributed by atoms with Gasteiger partial charge in [0.05, 0.1) is 6.54 Å². The normalized spacial score (nSPS) is 9.73. The number of nitrogen functional groups attached to an aromatic ring is 1. The maximum atomic E-state index is 11.8. The summed E-state index contributed by atoms with van der Waals surface area (Å²) in [4.78, 5) is 24.0. The van der Waals surface area contributed by atoms with Crippen LogP contribution in [0.3, 0.4) is 0 Å². The number of likely N-dealkylation sites (N-methyl/N-ethyl adjacent to an activating group) is 1. The van der Waals surface area contributed by atoms with Crippen molar-refractivity contribution in [2.45, 2.75) is 6.92 Å². The van der Waals surface area contributed by atoms with Crippen LogP contribution in [0.2, 0.25) is 0 Å². The second kappa shape index (κ2) is 4.59. The standard InChI is InChI=1S/C11H14N2O2/c1-8(14)7-13(2)11(15)9-4-3-5-10(12)6-9/h3-6H,7,12H2,1-2H3. The molecule has 0 saturated heterocycles. The van der Waals surface area contributed by atoms with Gasteiger partial charge in [-0.2, -0.15) is 0 Å². The van der Waals surface area contributed by atoms with Crippen LogP contribution in [0.4, 0.5) is 5.69 Å². The van der Waals surface area contributed by atoms with Crippen LogP contribution in [0.1, 0.15) is 17.3 Å². The average Bonchev–Trinajstić information content (AvgIpc) is 2.15. The van der Waals surface area contributed by atoms with E-state index in [-0.39, 0.29) is 18.2 Å². The Morgan fingerprint density at radius 3 is 2.60 bits per heavy atom. The molecule has 1 rings (SSSR count). The zero-order valence-corrected chi connectivity index (χ0v) is 8.86. The summed E-state index contributed by atoms with van der Waals surface area (Å²) in [6.07, 6.45) is 0. The van der Waals surface area contributed by atoms with Gasteiger partial charge in [-0.05, 0) is 25.1 Å². The molecule has 4 heteroatoms. The Kier molecular flexibility index (Phi) is 3.44. The number of carbonyl (C=O) groups is 2. The van der Waals surface area contributed by atoms with Crippen LogP contribution in [0.25, 0.3) is 0 Å². The molecule has 0 aliphatic rings. The van der Waals surface area contributed by atoms with Crippen molar-refractivity contribution in [1.82, 2.24) is 4.90 Å². The van der Waals surface area contributed by atoms with E-state index in [4.69, 9.17) is 5.73 Å². The summed E-state index contributed by atoms with van der Waals surface area (Å²) < 4.78 is 0. The number of anilines is 1. The molecule has 1 aromatic carbocycles. The lowest BCUT2D eigenvalue weighted by atomic mass is 10.2. The van der Waals surface area contributed by atoms with Gasteiger partial charge in [0.2, 0.25) is 0 Å². The smallest absolute Gasteiger partial charge is 0.254 e. The third kappa shape index (κ3) is 3.09. The predicted octanol–water partition coefficient (Wildman–Crippen LogP) is 0.930. The number of Topliss-reactive ketones (excluding diaryl/α,β-unsaturated/α-hetero) is 1. The summed E-state index contributed by atoms with van der Waals surface area (Å²) in [5.41, 5.74) is 6.60. The van der Waals surface area contributed by atoms with Gasteiger partial charge in [0, 0.05) is 18.3 Å². The van der Waals surface area contributed by atoms with Gasteiger partial charge < -0.3 is 10.6 Å². The fraction of sp³-hybridized carbons (Fsp3) is 0.273. The van der Waals surface area contributed by atoms with E-state index in [1.54, 1.807) is 31.3 Å². The maximum absolute atomic E-state index is 11.8. The van der Waals surface area contributed by atoms with Crippen LogP contribution in [-0.4, -0.2) is 30.2 Å². The molecule has 0 aromatic heterocycles. The molecule has 0 spiro atoms. The van der Waals surface area contributed by atoms with Gasteiger partial charge in [-0.1, -0.05) is 6.07 Å².